The Morgan fingerprint density at radius 2 is 2.22 bits per heavy atom. The second-order valence-electron chi connectivity index (χ2n) is 5.59. The van der Waals surface area contributed by atoms with Crippen molar-refractivity contribution in [3.63, 3.8) is 0 Å². The maximum atomic E-state index is 5.73. The van der Waals surface area contributed by atoms with Gasteiger partial charge in [-0.3, -0.25) is 0 Å². The molecule has 2 heterocycles. The number of anilines is 1. The molecule has 1 aromatic heterocycles. The number of nitrogens with one attached hydrogen (secondary N) is 1. The van der Waals surface area contributed by atoms with E-state index in [-0.39, 0.29) is 5.60 Å². The van der Waals surface area contributed by atoms with Crippen LogP contribution in [0, 0.1) is 6.92 Å². The summed E-state index contributed by atoms with van der Waals surface area (Å²) >= 11 is 0. The predicted molar refractivity (Wildman–Crippen MR) is 72.8 cm³/mol. The van der Waals surface area contributed by atoms with E-state index in [2.05, 4.69) is 42.1 Å². The fraction of sp³-hybridized carbons (Fsp3) is 0.714. The average Bonchev–Trinajstić information content (AvgIpc) is 2.26. The van der Waals surface area contributed by atoms with Crippen LogP contribution in [-0.4, -0.2) is 28.2 Å². The molecule has 0 amide bonds. The number of hydrogen-bond donors (Lipinski definition) is 1. The van der Waals surface area contributed by atoms with Crippen molar-refractivity contribution in [2.24, 2.45) is 0 Å². The summed E-state index contributed by atoms with van der Waals surface area (Å²) in [6, 6.07) is 2.49. The normalized spacial score (nSPS) is 22.8. The minimum absolute atomic E-state index is 0.0361. The molecule has 18 heavy (non-hydrogen) atoms. The van der Waals surface area contributed by atoms with Crippen LogP contribution in [0.2, 0.25) is 0 Å². The lowest BCUT2D eigenvalue weighted by Gasteiger charge is -2.36. The lowest BCUT2D eigenvalue weighted by Crippen LogP contribution is -2.40. The average molecular weight is 249 g/mol. The van der Waals surface area contributed by atoms with E-state index in [1.54, 1.807) is 0 Å². The topological polar surface area (TPSA) is 47.0 Å². The summed E-state index contributed by atoms with van der Waals surface area (Å²) in [7, 11) is 0. The fourth-order valence-electron chi connectivity index (χ4n) is 2.45. The highest BCUT2D eigenvalue weighted by Gasteiger charge is 2.28. The van der Waals surface area contributed by atoms with Crippen LogP contribution >= 0.6 is 0 Å². The van der Waals surface area contributed by atoms with Crippen molar-refractivity contribution < 1.29 is 4.74 Å². The molecule has 1 aliphatic rings. The largest absolute Gasteiger partial charge is 0.375 e. The molecule has 1 N–H and O–H groups in total. The zero-order chi connectivity index (χ0) is 13.2. The highest BCUT2D eigenvalue weighted by atomic mass is 16.5. The first-order valence-electron chi connectivity index (χ1n) is 6.73. The monoisotopic (exact) mass is 249 g/mol. The Hall–Kier alpha value is -1.16. The maximum absolute atomic E-state index is 5.73. The Kier molecular flexibility index (Phi) is 3.85. The van der Waals surface area contributed by atoms with Crippen LogP contribution in [0.3, 0.4) is 0 Å². The lowest BCUT2D eigenvalue weighted by atomic mass is 9.94. The first kappa shape index (κ1) is 13.3. The van der Waals surface area contributed by atoms with E-state index in [1.807, 2.05) is 6.92 Å². The summed E-state index contributed by atoms with van der Waals surface area (Å²) in [6.45, 7) is 9.16. The summed E-state index contributed by atoms with van der Waals surface area (Å²) in [5.41, 5.74) is 1.06. The summed E-state index contributed by atoms with van der Waals surface area (Å²) in [6.07, 6.45) is 2.99. The SMILES string of the molecule is CCc1cc(NC2CCOC(C)(C)C2)nc(C)n1. The number of aromatic nitrogens is 2. The zero-order valence-electron chi connectivity index (χ0n) is 11.8. The summed E-state index contributed by atoms with van der Waals surface area (Å²) in [4.78, 5) is 8.86. The van der Waals surface area contributed by atoms with Gasteiger partial charge in [-0.15, -0.1) is 0 Å². The van der Waals surface area contributed by atoms with Gasteiger partial charge in [-0.25, -0.2) is 9.97 Å². The molecule has 100 valence electrons. The standard InChI is InChI=1S/C14H23N3O/c1-5-11-8-13(16-10(2)15-11)17-12-6-7-18-14(3,4)9-12/h8,12H,5-7,9H2,1-4H3,(H,15,16,17). The minimum Gasteiger partial charge on any atom is -0.375 e. The van der Waals surface area contributed by atoms with E-state index >= 15 is 0 Å². The molecule has 4 nitrogen and oxygen atoms in total. The number of aryl methyl sites for hydroxylation is 2. The van der Waals surface area contributed by atoms with Crippen LogP contribution in [0.4, 0.5) is 5.82 Å². The summed E-state index contributed by atoms with van der Waals surface area (Å²) < 4.78 is 5.73. The third kappa shape index (κ3) is 3.42. The highest BCUT2D eigenvalue weighted by molar-refractivity contribution is 5.37. The van der Waals surface area contributed by atoms with E-state index in [0.717, 1.165) is 43.2 Å². The van der Waals surface area contributed by atoms with E-state index in [1.165, 1.54) is 0 Å². The number of hydrogen-bond acceptors (Lipinski definition) is 4. The van der Waals surface area contributed by atoms with Gasteiger partial charge in [-0.05, 0) is 40.0 Å². The second kappa shape index (κ2) is 5.22. The number of rotatable bonds is 3. The minimum atomic E-state index is -0.0361. The van der Waals surface area contributed by atoms with Gasteiger partial charge in [0.1, 0.15) is 11.6 Å². The summed E-state index contributed by atoms with van der Waals surface area (Å²) in [5.74, 6) is 1.78. The van der Waals surface area contributed by atoms with Crippen LogP contribution in [-0.2, 0) is 11.2 Å². The van der Waals surface area contributed by atoms with Crippen molar-refractivity contribution in [2.75, 3.05) is 11.9 Å². The molecule has 1 atom stereocenters. The van der Waals surface area contributed by atoms with Gasteiger partial charge < -0.3 is 10.1 Å². The molecule has 1 aromatic rings. The van der Waals surface area contributed by atoms with Gasteiger partial charge in [0, 0.05) is 24.4 Å². The Labute approximate surface area is 109 Å². The van der Waals surface area contributed by atoms with E-state index in [9.17, 15) is 0 Å². The molecular weight excluding hydrogens is 226 g/mol. The molecule has 2 rings (SSSR count). The molecule has 0 saturated carbocycles. The molecule has 4 heteroatoms. The van der Waals surface area contributed by atoms with Gasteiger partial charge in [-0.1, -0.05) is 6.92 Å². The molecule has 0 bridgehead atoms. The lowest BCUT2D eigenvalue weighted by molar-refractivity contribution is -0.0553. The van der Waals surface area contributed by atoms with Crippen molar-refractivity contribution in [1.82, 2.24) is 9.97 Å². The predicted octanol–water partition coefficient (Wildman–Crippen LogP) is 2.72. The van der Waals surface area contributed by atoms with Crippen LogP contribution in [0.25, 0.3) is 0 Å². The molecule has 0 radical (unpaired) electrons. The van der Waals surface area contributed by atoms with Gasteiger partial charge in [-0.2, -0.15) is 0 Å². The smallest absolute Gasteiger partial charge is 0.130 e. The molecule has 1 saturated heterocycles. The molecular formula is C14H23N3O. The van der Waals surface area contributed by atoms with Gasteiger partial charge in [0.15, 0.2) is 0 Å². The molecule has 1 aliphatic heterocycles. The fourth-order valence-corrected chi connectivity index (χ4v) is 2.45. The number of ether oxygens (including phenoxy) is 1. The molecule has 0 spiro atoms. The zero-order valence-corrected chi connectivity index (χ0v) is 11.8. The molecule has 1 fully saturated rings. The third-order valence-corrected chi connectivity index (χ3v) is 3.30. The van der Waals surface area contributed by atoms with Crippen LogP contribution in [0.5, 0.6) is 0 Å². The Balaban J connectivity index is 2.07. The van der Waals surface area contributed by atoms with E-state index < -0.39 is 0 Å². The third-order valence-electron chi connectivity index (χ3n) is 3.30. The summed E-state index contributed by atoms with van der Waals surface area (Å²) in [5, 5.41) is 3.52. The Morgan fingerprint density at radius 1 is 1.44 bits per heavy atom. The quantitative estimate of drug-likeness (QED) is 0.894. The number of nitrogens with zero attached hydrogens (tertiary/aromatic N) is 2. The van der Waals surface area contributed by atoms with Crippen LogP contribution in [0.1, 0.15) is 45.1 Å². The van der Waals surface area contributed by atoms with Crippen molar-refractivity contribution in [3.05, 3.63) is 17.6 Å². The Morgan fingerprint density at radius 3 is 2.89 bits per heavy atom. The van der Waals surface area contributed by atoms with Gasteiger partial charge in [0.25, 0.3) is 0 Å². The van der Waals surface area contributed by atoms with E-state index in [0.29, 0.717) is 6.04 Å². The highest BCUT2D eigenvalue weighted by Crippen LogP contribution is 2.26. The van der Waals surface area contributed by atoms with Crippen molar-refractivity contribution in [2.45, 2.75) is 58.6 Å². The van der Waals surface area contributed by atoms with Gasteiger partial charge in [0.05, 0.1) is 5.60 Å². The van der Waals surface area contributed by atoms with E-state index in [4.69, 9.17) is 4.74 Å². The van der Waals surface area contributed by atoms with Crippen LogP contribution in [0.15, 0.2) is 6.07 Å². The van der Waals surface area contributed by atoms with Crippen molar-refractivity contribution >= 4 is 5.82 Å². The first-order valence-corrected chi connectivity index (χ1v) is 6.73. The van der Waals surface area contributed by atoms with Crippen molar-refractivity contribution in [1.29, 1.82) is 0 Å². The van der Waals surface area contributed by atoms with Gasteiger partial charge >= 0.3 is 0 Å². The molecule has 0 aliphatic carbocycles. The second-order valence-corrected chi connectivity index (χ2v) is 5.59. The van der Waals surface area contributed by atoms with Crippen LogP contribution < -0.4 is 5.32 Å². The Bertz CT molecular complexity index is 418. The maximum Gasteiger partial charge on any atom is 0.130 e. The molecule has 1 unspecified atom stereocenters. The van der Waals surface area contributed by atoms with Crippen molar-refractivity contribution in [3.8, 4) is 0 Å². The van der Waals surface area contributed by atoms with Gasteiger partial charge in [0.2, 0.25) is 0 Å². The first-order chi connectivity index (χ1) is 8.48. The molecule has 0 aromatic carbocycles.